The van der Waals surface area contributed by atoms with Crippen LogP contribution in [0.2, 0.25) is 0 Å². The molecule has 0 heterocycles. The lowest BCUT2D eigenvalue weighted by molar-refractivity contribution is 0.0954. The number of sulfonamides is 1. The second-order valence-corrected chi connectivity index (χ2v) is 9.15. The van der Waals surface area contributed by atoms with Crippen molar-refractivity contribution in [2.75, 3.05) is 17.5 Å². The van der Waals surface area contributed by atoms with Gasteiger partial charge in [-0.05, 0) is 47.2 Å². The molecule has 2 N–H and O–H groups in total. The van der Waals surface area contributed by atoms with Gasteiger partial charge in [-0.3, -0.25) is 9.52 Å². The van der Waals surface area contributed by atoms with Crippen LogP contribution in [0.1, 0.15) is 42.3 Å². The standard InChI is InChI=1S/C20H26N2O3S/c1-20(2,3)17-9-5-15(6-10-17)13-14-21-19(23)16-7-11-18(12-8-16)22-26(4,24)25/h5-12,22H,13-14H2,1-4H3,(H,21,23). The summed E-state index contributed by atoms with van der Waals surface area (Å²) in [6.07, 6.45) is 1.84. The summed E-state index contributed by atoms with van der Waals surface area (Å²) in [5.74, 6) is -0.179. The van der Waals surface area contributed by atoms with Gasteiger partial charge in [0.05, 0.1) is 6.26 Å². The molecule has 0 atom stereocenters. The fourth-order valence-electron chi connectivity index (χ4n) is 2.50. The van der Waals surface area contributed by atoms with Gasteiger partial charge in [0.2, 0.25) is 10.0 Å². The van der Waals surface area contributed by atoms with Crippen molar-refractivity contribution < 1.29 is 13.2 Å². The monoisotopic (exact) mass is 374 g/mol. The minimum atomic E-state index is -3.32. The van der Waals surface area contributed by atoms with Gasteiger partial charge in [-0.2, -0.15) is 0 Å². The summed E-state index contributed by atoms with van der Waals surface area (Å²) in [7, 11) is -3.32. The quantitative estimate of drug-likeness (QED) is 0.814. The van der Waals surface area contributed by atoms with Gasteiger partial charge < -0.3 is 5.32 Å². The van der Waals surface area contributed by atoms with E-state index in [9.17, 15) is 13.2 Å². The van der Waals surface area contributed by atoms with E-state index in [1.165, 1.54) is 11.1 Å². The predicted octanol–water partition coefficient (Wildman–Crippen LogP) is 3.33. The maximum atomic E-state index is 12.2. The lowest BCUT2D eigenvalue weighted by Crippen LogP contribution is -2.25. The van der Waals surface area contributed by atoms with Crippen molar-refractivity contribution >= 4 is 21.6 Å². The minimum absolute atomic E-state index is 0.130. The highest BCUT2D eigenvalue weighted by Crippen LogP contribution is 2.22. The predicted molar refractivity (Wildman–Crippen MR) is 106 cm³/mol. The summed E-state index contributed by atoms with van der Waals surface area (Å²) >= 11 is 0. The van der Waals surface area contributed by atoms with Gasteiger partial charge in [-0.1, -0.05) is 45.0 Å². The largest absolute Gasteiger partial charge is 0.352 e. The van der Waals surface area contributed by atoms with Crippen molar-refractivity contribution in [1.82, 2.24) is 5.32 Å². The number of hydrogen-bond acceptors (Lipinski definition) is 3. The van der Waals surface area contributed by atoms with Crippen LogP contribution in [0.5, 0.6) is 0 Å². The van der Waals surface area contributed by atoms with Crippen molar-refractivity contribution in [3.05, 3.63) is 65.2 Å². The van der Waals surface area contributed by atoms with E-state index >= 15 is 0 Å². The van der Waals surface area contributed by atoms with E-state index < -0.39 is 10.0 Å². The SMILES string of the molecule is CC(C)(C)c1ccc(CCNC(=O)c2ccc(NS(C)(=O)=O)cc2)cc1. The topological polar surface area (TPSA) is 75.3 Å². The van der Waals surface area contributed by atoms with Gasteiger partial charge in [0.15, 0.2) is 0 Å². The van der Waals surface area contributed by atoms with Gasteiger partial charge in [0, 0.05) is 17.8 Å². The highest BCUT2D eigenvalue weighted by Gasteiger charge is 2.13. The van der Waals surface area contributed by atoms with Crippen LogP contribution in [-0.4, -0.2) is 27.1 Å². The molecule has 0 radical (unpaired) electrons. The van der Waals surface area contributed by atoms with Gasteiger partial charge in [-0.15, -0.1) is 0 Å². The Bertz CT molecular complexity index is 849. The first-order chi connectivity index (χ1) is 12.0. The number of anilines is 1. The number of rotatable bonds is 6. The highest BCUT2D eigenvalue weighted by atomic mass is 32.2. The normalized spacial score (nSPS) is 11.8. The zero-order chi connectivity index (χ0) is 19.4. The van der Waals surface area contributed by atoms with Crippen molar-refractivity contribution in [3.8, 4) is 0 Å². The first-order valence-corrected chi connectivity index (χ1v) is 10.4. The number of benzene rings is 2. The molecule has 2 aromatic rings. The van der Waals surface area contributed by atoms with Gasteiger partial charge in [0.1, 0.15) is 0 Å². The third-order valence-electron chi connectivity index (χ3n) is 3.97. The van der Waals surface area contributed by atoms with Crippen LogP contribution in [-0.2, 0) is 21.9 Å². The van der Waals surface area contributed by atoms with Crippen molar-refractivity contribution in [2.45, 2.75) is 32.6 Å². The third-order valence-corrected chi connectivity index (χ3v) is 4.58. The molecule has 2 rings (SSSR count). The van der Waals surface area contributed by atoms with Crippen LogP contribution in [0.3, 0.4) is 0 Å². The lowest BCUT2D eigenvalue weighted by atomic mass is 9.86. The molecule has 0 spiro atoms. The minimum Gasteiger partial charge on any atom is -0.352 e. The van der Waals surface area contributed by atoms with E-state index in [4.69, 9.17) is 0 Å². The summed E-state index contributed by atoms with van der Waals surface area (Å²) in [4.78, 5) is 12.2. The first kappa shape index (κ1) is 20.0. The Morgan fingerprint density at radius 3 is 2.04 bits per heavy atom. The molecule has 1 amide bonds. The Hall–Kier alpha value is -2.34. The fraction of sp³-hybridized carbons (Fsp3) is 0.350. The van der Waals surface area contributed by atoms with Crippen molar-refractivity contribution in [2.24, 2.45) is 0 Å². The molecule has 0 fully saturated rings. The van der Waals surface area contributed by atoms with E-state index in [1.807, 2.05) is 0 Å². The van der Waals surface area contributed by atoms with E-state index in [-0.39, 0.29) is 11.3 Å². The molecule has 5 nitrogen and oxygen atoms in total. The number of hydrogen-bond donors (Lipinski definition) is 2. The van der Waals surface area contributed by atoms with E-state index in [2.05, 4.69) is 55.1 Å². The number of carbonyl (C=O) groups is 1. The summed E-state index contributed by atoms with van der Waals surface area (Å²) in [6, 6.07) is 14.8. The summed E-state index contributed by atoms with van der Waals surface area (Å²) in [6.45, 7) is 7.08. The van der Waals surface area contributed by atoms with Gasteiger partial charge in [0.25, 0.3) is 5.91 Å². The molecule has 0 aliphatic carbocycles. The van der Waals surface area contributed by atoms with E-state index in [0.29, 0.717) is 17.8 Å². The Morgan fingerprint density at radius 2 is 1.54 bits per heavy atom. The average Bonchev–Trinajstić information content (AvgIpc) is 2.53. The summed E-state index contributed by atoms with van der Waals surface area (Å²) in [5, 5.41) is 2.88. The van der Waals surface area contributed by atoms with Crippen LogP contribution in [0.4, 0.5) is 5.69 Å². The molecule has 26 heavy (non-hydrogen) atoms. The summed E-state index contributed by atoms with van der Waals surface area (Å²) in [5.41, 5.74) is 3.51. The van der Waals surface area contributed by atoms with Crippen molar-refractivity contribution in [3.63, 3.8) is 0 Å². The van der Waals surface area contributed by atoms with Crippen LogP contribution in [0.25, 0.3) is 0 Å². The molecule has 0 saturated carbocycles. The fourth-order valence-corrected chi connectivity index (χ4v) is 3.06. The first-order valence-electron chi connectivity index (χ1n) is 8.50. The zero-order valence-corrected chi connectivity index (χ0v) is 16.5. The number of amides is 1. The van der Waals surface area contributed by atoms with Crippen LogP contribution in [0.15, 0.2) is 48.5 Å². The second-order valence-electron chi connectivity index (χ2n) is 7.40. The van der Waals surface area contributed by atoms with Gasteiger partial charge in [-0.25, -0.2) is 8.42 Å². The molecule has 2 aromatic carbocycles. The van der Waals surface area contributed by atoms with Crippen molar-refractivity contribution in [1.29, 1.82) is 0 Å². The van der Waals surface area contributed by atoms with Crippen LogP contribution >= 0.6 is 0 Å². The van der Waals surface area contributed by atoms with E-state index in [1.54, 1.807) is 24.3 Å². The van der Waals surface area contributed by atoms with Crippen LogP contribution < -0.4 is 10.0 Å². The molecule has 0 aliphatic rings. The maximum absolute atomic E-state index is 12.2. The highest BCUT2D eigenvalue weighted by molar-refractivity contribution is 7.92. The lowest BCUT2D eigenvalue weighted by Gasteiger charge is -2.19. The van der Waals surface area contributed by atoms with E-state index in [0.717, 1.165) is 12.7 Å². The molecule has 0 aromatic heterocycles. The number of carbonyl (C=O) groups excluding carboxylic acids is 1. The Balaban J connectivity index is 1.87. The molecular weight excluding hydrogens is 348 g/mol. The molecule has 0 bridgehead atoms. The smallest absolute Gasteiger partial charge is 0.251 e. The number of nitrogens with one attached hydrogen (secondary N) is 2. The molecule has 6 heteroatoms. The Morgan fingerprint density at radius 1 is 0.962 bits per heavy atom. The third kappa shape index (κ3) is 6.19. The molecular formula is C20H26N2O3S. The molecule has 0 saturated heterocycles. The average molecular weight is 375 g/mol. The maximum Gasteiger partial charge on any atom is 0.251 e. The molecule has 140 valence electrons. The van der Waals surface area contributed by atoms with Gasteiger partial charge >= 0.3 is 0 Å². The summed E-state index contributed by atoms with van der Waals surface area (Å²) < 4.78 is 24.7. The second kappa shape index (κ2) is 7.91. The van der Waals surface area contributed by atoms with Crippen LogP contribution in [0, 0.1) is 0 Å². The zero-order valence-electron chi connectivity index (χ0n) is 15.7. The molecule has 0 unspecified atom stereocenters. The molecule has 0 aliphatic heterocycles. The Kier molecular flexibility index (Phi) is 6.08. The Labute approximate surface area is 155 Å².